The first-order chi connectivity index (χ1) is 7.54. The fraction of sp³-hybridized carbons (Fsp3) is 0.727. The van der Waals surface area contributed by atoms with Gasteiger partial charge in [-0.2, -0.15) is 0 Å². The summed E-state index contributed by atoms with van der Waals surface area (Å²) in [4.78, 5) is 11.6. The van der Waals surface area contributed by atoms with Gasteiger partial charge in [0.25, 0.3) is 5.91 Å². The fourth-order valence-electron chi connectivity index (χ4n) is 2.47. The van der Waals surface area contributed by atoms with Crippen molar-refractivity contribution in [1.82, 2.24) is 5.32 Å². The number of hydrogen-bond donors (Lipinski definition) is 1. The van der Waals surface area contributed by atoms with Crippen molar-refractivity contribution in [3.8, 4) is 0 Å². The van der Waals surface area contributed by atoms with Crippen LogP contribution in [-0.4, -0.2) is 42.7 Å². The molecule has 0 aromatic heterocycles. The van der Waals surface area contributed by atoms with Crippen molar-refractivity contribution in [2.45, 2.75) is 37.4 Å². The highest BCUT2D eigenvalue weighted by Crippen LogP contribution is 2.37. The Labute approximate surface area is 93.7 Å². The van der Waals surface area contributed by atoms with Gasteiger partial charge in [0.15, 0.2) is 11.4 Å². The summed E-state index contributed by atoms with van der Waals surface area (Å²) in [5.74, 6) is -0.659. The molecule has 5 heteroatoms. The van der Waals surface area contributed by atoms with Crippen molar-refractivity contribution in [3.05, 3.63) is 12.2 Å². The Bertz CT molecular complexity index is 365. The van der Waals surface area contributed by atoms with Gasteiger partial charge >= 0.3 is 0 Å². The van der Waals surface area contributed by atoms with Gasteiger partial charge in [0, 0.05) is 0 Å². The second-order valence-electron chi connectivity index (χ2n) is 4.82. The number of β-lactam (4-membered cyclic amide) rings is 1. The van der Waals surface area contributed by atoms with E-state index in [1.807, 2.05) is 26.0 Å². The zero-order valence-electron chi connectivity index (χ0n) is 9.36. The molecule has 0 aromatic carbocycles. The molecule has 1 amide bonds. The molecule has 3 heterocycles. The van der Waals surface area contributed by atoms with Crippen molar-refractivity contribution in [1.29, 1.82) is 0 Å². The van der Waals surface area contributed by atoms with Crippen LogP contribution in [0.3, 0.4) is 0 Å². The molecule has 88 valence electrons. The minimum Gasteiger partial charge on any atom is -0.355 e. The zero-order chi connectivity index (χ0) is 11.4. The summed E-state index contributed by atoms with van der Waals surface area (Å²) in [5.41, 5.74) is -0.811. The second-order valence-corrected chi connectivity index (χ2v) is 4.82. The molecule has 5 nitrogen and oxygen atoms in total. The Morgan fingerprint density at radius 2 is 2.25 bits per heavy atom. The van der Waals surface area contributed by atoms with E-state index in [1.54, 1.807) is 0 Å². The first-order valence-corrected chi connectivity index (χ1v) is 5.48. The summed E-state index contributed by atoms with van der Waals surface area (Å²) in [6.45, 7) is 4.70. The van der Waals surface area contributed by atoms with Crippen LogP contribution in [0.15, 0.2) is 12.2 Å². The highest BCUT2D eigenvalue weighted by Gasteiger charge is 2.61. The second kappa shape index (κ2) is 3.06. The van der Waals surface area contributed by atoms with Crippen LogP contribution in [0.2, 0.25) is 0 Å². The maximum absolute atomic E-state index is 11.6. The maximum atomic E-state index is 11.6. The molecular weight excluding hydrogens is 210 g/mol. The van der Waals surface area contributed by atoms with E-state index in [2.05, 4.69) is 5.32 Å². The van der Waals surface area contributed by atoms with Crippen LogP contribution < -0.4 is 5.32 Å². The molecular formula is C11H15NO4. The Morgan fingerprint density at radius 1 is 1.44 bits per heavy atom. The predicted molar refractivity (Wildman–Crippen MR) is 54.7 cm³/mol. The van der Waals surface area contributed by atoms with E-state index in [0.717, 1.165) is 0 Å². The molecule has 3 unspecified atom stereocenters. The molecule has 0 aliphatic carbocycles. The Morgan fingerprint density at radius 3 is 2.75 bits per heavy atom. The van der Waals surface area contributed by atoms with Gasteiger partial charge in [0.05, 0.1) is 19.3 Å². The Kier molecular flexibility index (Phi) is 1.96. The highest BCUT2D eigenvalue weighted by molar-refractivity contribution is 5.95. The molecule has 0 aromatic rings. The average Bonchev–Trinajstić information content (AvgIpc) is 2.82. The summed E-state index contributed by atoms with van der Waals surface area (Å²) < 4.78 is 16.8. The van der Waals surface area contributed by atoms with Gasteiger partial charge in [-0.05, 0) is 19.9 Å². The fourth-order valence-corrected chi connectivity index (χ4v) is 2.47. The van der Waals surface area contributed by atoms with E-state index >= 15 is 0 Å². The standard InChI is InChI=1S/C11H15NO4/c1-10(2)15-6-7(16-10)8-11(9(13)12-8)4-3-5-14-11/h3-4,7-8H,5-6H2,1-2H3,(H,12,13). The van der Waals surface area contributed by atoms with Gasteiger partial charge in [0.1, 0.15) is 6.10 Å². The largest absolute Gasteiger partial charge is 0.355 e. The Balaban J connectivity index is 1.78. The number of nitrogens with one attached hydrogen (secondary N) is 1. The first kappa shape index (κ1) is 10.3. The van der Waals surface area contributed by atoms with Crippen LogP contribution in [0.5, 0.6) is 0 Å². The summed E-state index contributed by atoms with van der Waals surface area (Å²) in [6.07, 6.45) is 3.55. The third-order valence-electron chi connectivity index (χ3n) is 3.29. The van der Waals surface area contributed by atoms with E-state index in [9.17, 15) is 4.79 Å². The number of amides is 1. The normalized spacial score (nSPS) is 44.8. The minimum absolute atomic E-state index is 0.0837. The maximum Gasteiger partial charge on any atom is 0.259 e. The number of carbonyl (C=O) groups excluding carboxylic acids is 1. The minimum atomic E-state index is -0.811. The smallest absolute Gasteiger partial charge is 0.259 e. The number of ether oxygens (including phenoxy) is 3. The summed E-state index contributed by atoms with van der Waals surface area (Å²) >= 11 is 0. The van der Waals surface area contributed by atoms with Crippen molar-refractivity contribution >= 4 is 5.91 Å². The topological polar surface area (TPSA) is 56.8 Å². The molecule has 2 fully saturated rings. The van der Waals surface area contributed by atoms with Crippen molar-refractivity contribution < 1.29 is 19.0 Å². The molecule has 0 radical (unpaired) electrons. The lowest BCUT2D eigenvalue weighted by Crippen LogP contribution is -2.75. The van der Waals surface area contributed by atoms with Crippen LogP contribution in [0, 0.1) is 0 Å². The third kappa shape index (κ3) is 1.25. The predicted octanol–water partition coefficient (Wildman–Crippen LogP) is -0.0385. The van der Waals surface area contributed by atoms with Gasteiger partial charge in [-0.1, -0.05) is 6.08 Å². The SMILES string of the molecule is CC1(C)OCC(C2NC(=O)C23C=CCO3)O1. The molecule has 0 bridgehead atoms. The Hall–Kier alpha value is -0.910. The summed E-state index contributed by atoms with van der Waals surface area (Å²) in [6, 6.07) is -0.138. The lowest BCUT2D eigenvalue weighted by Gasteiger charge is -2.46. The van der Waals surface area contributed by atoms with E-state index in [-0.39, 0.29) is 18.1 Å². The molecule has 2 saturated heterocycles. The van der Waals surface area contributed by atoms with Gasteiger partial charge in [0.2, 0.25) is 0 Å². The third-order valence-corrected chi connectivity index (χ3v) is 3.29. The lowest BCUT2D eigenvalue weighted by molar-refractivity contribution is -0.178. The van der Waals surface area contributed by atoms with E-state index in [0.29, 0.717) is 13.2 Å². The molecule has 3 atom stereocenters. The zero-order valence-corrected chi connectivity index (χ0v) is 9.36. The van der Waals surface area contributed by atoms with Crippen LogP contribution in [-0.2, 0) is 19.0 Å². The lowest BCUT2D eigenvalue weighted by atomic mass is 9.82. The average molecular weight is 225 g/mol. The molecule has 1 spiro atoms. The quantitative estimate of drug-likeness (QED) is 0.502. The first-order valence-electron chi connectivity index (χ1n) is 5.48. The van der Waals surface area contributed by atoms with E-state index in [1.165, 1.54) is 0 Å². The molecule has 3 aliphatic rings. The van der Waals surface area contributed by atoms with Gasteiger partial charge in [-0.15, -0.1) is 0 Å². The van der Waals surface area contributed by atoms with Gasteiger partial charge < -0.3 is 19.5 Å². The molecule has 16 heavy (non-hydrogen) atoms. The van der Waals surface area contributed by atoms with E-state index in [4.69, 9.17) is 14.2 Å². The van der Waals surface area contributed by atoms with Crippen molar-refractivity contribution in [2.75, 3.05) is 13.2 Å². The number of carbonyl (C=O) groups is 1. The summed E-state index contributed by atoms with van der Waals surface area (Å²) in [7, 11) is 0. The van der Waals surface area contributed by atoms with Crippen LogP contribution >= 0.6 is 0 Å². The number of hydrogen-bond acceptors (Lipinski definition) is 4. The van der Waals surface area contributed by atoms with Crippen LogP contribution in [0.25, 0.3) is 0 Å². The molecule has 1 N–H and O–H groups in total. The van der Waals surface area contributed by atoms with Crippen LogP contribution in [0.1, 0.15) is 13.8 Å². The van der Waals surface area contributed by atoms with Gasteiger partial charge in [-0.25, -0.2) is 0 Å². The van der Waals surface area contributed by atoms with Crippen LogP contribution in [0.4, 0.5) is 0 Å². The summed E-state index contributed by atoms with van der Waals surface area (Å²) in [5, 5.41) is 2.84. The number of rotatable bonds is 1. The van der Waals surface area contributed by atoms with E-state index < -0.39 is 11.4 Å². The molecule has 3 rings (SSSR count). The monoisotopic (exact) mass is 225 g/mol. The molecule has 3 aliphatic heterocycles. The van der Waals surface area contributed by atoms with Crippen molar-refractivity contribution in [3.63, 3.8) is 0 Å². The molecule has 0 saturated carbocycles. The van der Waals surface area contributed by atoms with Gasteiger partial charge in [-0.3, -0.25) is 4.79 Å². The highest BCUT2D eigenvalue weighted by atomic mass is 16.7. The van der Waals surface area contributed by atoms with Crippen molar-refractivity contribution in [2.24, 2.45) is 0 Å².